The highest BCUT2D eigenvalue weighted by molar-refractivity contribution is 5.54. The summed E-state index contributed by atoms with van der Waals surface area (Å²) in [6.07, 6.45) is -0.0443. The van der Waals surface area contributed by atoms with Gasteiger partial charge in [-0.3, -0.25) is 0 Å². The van der Waals surface area contributed by atoms with Crippen LogP contribution in [0, 0.1) is 0 Å². The van der Waals surface area contributed by atoms with Gasteiger partial charge in [-0.25, -0.2) is 0 Å². The van der Waals surface area contributed by atoms with Crippen molar-refractivity contribution in [1.29, 1.82) is 0 Å². The van der Waals surface area contributed by atoms with Crippen molar-refractivity contribution >= 4 is 5.95 Å². The lowest BCUT2D eigenvalue weighted by Crippen LogP contribution is -2.16. The van der Waals surface area contributed by atoms with Gasteiger partial charge in [0.2, 0.25) is 5.95 Å². The standard InChI is InChI=1S/C17H19F3N4/c1-23(2)16-21-15(17(18,19)20)22-24(16)13-5-3-4-12(10-6-7-10)14(13)11-8-9-11/h3-5,10-11H,6-9H2,1-2H3. The maximum atomic E-state index is 13.1. The van der Waals surface area contributed by atoms with Crippen LogP contribution >= 0.6 is 0 Å². The van der Waals surface area contributed by atoms with Crippen LogP contribution in [0.2, 0.25) is 0 Å². The third-order valence-corrected chi connectivity index (χ3v) is 4.59. The summed E-state index contributed by atoms with van der Waals surface area (Å²) in [5.41, 5.74) is 3.19. The molecule has 2 aliphatic rings. The Balaban J connectivity index is 1.90. The van der Waals surface area contributed by atoms with Crippen LogP contribution in [0.15, 0.2) is 18.2 Å². The zero-order valence-electron chi connectivity index (χ0n) is 13.6. The predicted octanol–water partition coefficient (Wildman–Crippen LogP) is 4.11. The van der Waals surface area contributed by atoms with E-state index in [9.17, 15) is 13.2 Å². The minimum atomic E-state index is -4.55. The Morgan fingerprint density at radius 3 is 2.29 bits per heavy atom. The highest BCUT2D eigenvalue weighted by Crippen LogP contribution is 2.51. The maximum absolute atomic E-state index is 13.1. The molecule has 0 amide bonds. The predicted molar refractivity (Wildman–Crippen MR) is 84.6 cm³/mol. The van der Waals surface area contributed by atoms with E-state index in [4.69, 9.17) is 0 Å². The van der Waals surface area contributed by atoms with Crippen molar-refractivity contribution in [2.45, 2.75) is 43.7 Å². The van der Waals surface area contributed by atoms with E-state index in [1.807, 2.05) is 12.1 Å². The SMILES string of the molecule is CN(C)c1nc(C(F)(F)F)nn1-c1cccc(C2CC2)c1C1CC1. The van der Waals surface area contributed by atoms with Gasteiger partial charge in [0.1, 0.15) is 0 Å². The van der Waals surface area contributed by atoms with Crippen molar-refractivity contribution in [3.8, 4) is 5.69 Å². The molecule has 0 saturated heterocycles. The number of halogens is 3. The first-order valence-corrected chi connectivity index (χ1v) is 8.21. The Hall–Kier alpha value is -2.05. The molecule has 2 fully saturated rings. The van der Waals surface area contributed by atoms with Gasteiger partial charge in [-0.15, -0.1) is 5.10 Å². The van der Waals surface area contributed by atoms with Crippen molar-refractivity contribution in [2.24, 2.45) is 0 Å². The van der Waals surface area contributed by atoms with Crippen LogP contribution in [0.1, 0.15) is 54.5 Å². The number of aromatic nitrogens is 3. The molecule has 0 atom stereocenters. The maximum Gasteiger partial charge on any atom is 0.453 e. The molecule has 1 aromatic carbocycles. The highest BCUT2D eigenvalue weighted by Gasteiger charge is 2.39. The Morgan fingerprint density at radius 1 is 1.08 bits per heavy atom. The molecular formula is C17H19F3N4. The molecule has 4 nitrogen and oxygen atoms in total. The van der Waals surface area contributed by atoms with Crippen molar-refractivity contribution in [3.63, 3.8) is 0 Å². The third-order valence-electron chi connectivity index (χ3n) is 4.59. The van der Waals surface area contributed by atoms with Crippen molar-refractivity contribution in [2.75, 3.05) is 19.0 Å². The van der Waals surface area contributed by atoms with E-state index < -0.39 is 12.0 Å². The molecule has 4 rings (SSSR count). The van der Waals surface area contributed by atoms with E-state index in [-0.39, 0.29) is 5.95 Å². The van der Waals surface area contributed by atoms with E-state index in [1.165, 1.54) is 15.8 Å². The second-order valence-corrected chi connectivity index (χ2v) is 6.87. The van der Waals surface area contributed by atoms with Crippen LogP contribution in [0.4, 0.5) is 19.1 Å². The van der Waals surface area contributed by atoms with Gasteiger partial charge in [0.15, 0.2) is 0 Å². The number of hydrogen-bond donors (Lipinski definition) is 0. The number of anilines is 1. The lowest BCUT2D eigenvalue weighted by atomic mass is 9.97. The first-order chi connectivity index (χ1) is 11.4. The fraction of sp³-hybridized carbons (Fsp3) is 0.529. The smallest absolute Gasteiger partial charge is 0.347 e. The molecule has 0 aliphatic heterocycles. The fourth-order valence-electron chi connectivity index (χ4n) is 3.20. The van der Waals surface area contributed by atoms with Crippen LogP contribution in [-0.2, 0) is 6.18 Å². The first kappa shape index (κ1) is 15.5. The van der Waals surface area contributed by atoms with Crippen LogP contribution in [-0.4, -0.2) is 28.9 Å². The molecule has 2 saturated carbocycles. The molecule has 1 aromatic heterocycles. The second kappa shape index (κ2) is 5.22. The summed E-state index contributed by atoms with van der Waals surface area (Å²) < 4.78 is 40.6. The molecule has 0 N–H and O–H groups in total. The molecular weight excluding hydrogens is 317 g/mol. The van der Waals surface area contributed by atoms with Gasteiger partial charge in [0.25, 0.3) is 5.82 Å². The number of hydrogen-bond acceptors (Lipinski definition) is 3. The highest BCUT2D eigenvalue weighted by atomic mass is 19.4. The van der Waals surface area contributed by atoms with E-state index in [1.54, 1.807) is 19.0 Å². The van der Waals surface area contributed by atoms with E-state index in [2.05, 4.69) is 16.1 Å². The van der Waals surface area contributed by atoms with Crippen LogP contribution in [0.3, 0.4) is 0 Å². The third kappa shape index (κ3) is 2.65. The lowest BCUT2D eigenvalue weighted by molar-refractivity contribution is -0.144. The Kier molecular flexibility index (Phi) is 3.37. The summed E-state index contributed by atoms with van der Waals surface area (Å²) in [7, 11) is 3.37. The average Bonchev–Trinajstić information content (AvgIpc) is 3.41. The molecule has 0 bridgehead atoms. The van der Waals surface area contributed by atoms with Crippen LogP contribution in [0.25, 0.3) is 5.69 Å². The lowest BCUT2D eigenvalue weighted by Gasteiger charge is -2.18. The monoisotopic (exact) mass is 336 g/mol. The Bertz CT molecular complexity index is 771. The zero-order chi connectivity index (χ0) is 17.1. The summed E-state index contributed by atoms with van der Waals surface area (Å²) in [5.74, 6) is 0.0984. The van der Waals surface area contributed by atoms with Gasteiger partial charge in [0.05, 0.1) is 5.69 Å². The van der Waals surface area contributed by atoms with Crippen LogP contribution < -0.4 is 4.90 Å². The normalized spacial score (nSPS) is 18.0. The van der Waals surface area contributed by atoms with Crippen molar-refractivity contribution < 1.29 is 13.2 Å². The molecule has 0 unspecified atom stereocenters. The first-order valence-electron chi connectivity index (χ1n) is 8.21. The van der Waals surface area contributed by atoms with Crippen molar-refractivity contribution in [3.05, 3.63) is 35.2 Å². The number of alkyl halides is 3. The summed E-state index contributed by atoms with van der Waals surface area (Å²) >= 11 is 0. The molecule has 7 heteroatoms. The number of benzene rings is 1. The van der Waals surface area contributed by atoms with Gasteiger partial charge in [-0.2, -0.15) is 22.8 Å². The van der Waals surface area contributed by atoms with Gasteiger partial charge < -0.3 is 4.90 Å². The Labute approximate surface area is 138 Å². The minimum absolute atomic E-state index is 0.206. The van der Waals surface area contributed by atoms with Gasteiger partial charge >= 0.3 is 6.18 Å². The van der Waals surface area contributed by atoms with Crippen LogP contribution in [0.5, 0.6) is 0 Å². The summed E-state index contributed by atoms with van der Waals surface area (Å²) in [6.45, 7) is 0. The fourth-order valence-corrected chi connectivity index (χ4v) is 3.20. The average molecular weight is 336 g/mol. The largest absolute Gasteiger partial charge is 0.453 e. The molecule has 1 heterocycles. The van der Waals surface area contributed by atoms with E-state index >= 15 is 0 Å². The zero-order valence-corrected chi connectivity index (χ0v) is 13.6. The van der Waals surface area contributed by atoms with E-state index in [0.29, 0.717) is 11.8 Å². The van der Waals surface area contributed by atoms with Gasteiger partial charge in [-0.05, 0) is 54.7 Å². The minimum Gasteiger partial charge on any atom is -0.347 e. The quantitative estimate of drug-likeness (QED) is 0.843. The van der Waals surface area contributed by atoms with Crippen molar-refractivity contribution in [1.82, 2.24) is 14.8 Å². The number of rotatable bonds is 4. The number of nitrogens with zero attached hydrogens (tertiary/aromatic N) is 4. The molecule has 0 radical (unpaired) electrons. The topological polar surface area (TPSA) is 34.0 Å². The summed E-state index contributed by atoms with van der Waals surface area (Å²) in [4.78, 5) is 5.29. The molecule has 24 heavy (non-hydrogen) atoms. The summed E-state index contributed by atoms with van der Waals surface area (Å²) in [6, 6.07) is 5.90. The molecule has 128 valence electrons. The van der Waals surface area contributed by atoms with Gasteiger partial charge in [0, 0.05) is 14.1 Å². The Morgan fingerprint density at radius 2 is 1.75 bits per heavy atom. The summed E-state index contributed by atoms with van der Waals surface area (Å²) in [5, 5.41) is 3.80. The second-order valence-electron chi connectivity index (χ2n) is 6.87. The molecule has 2 aromatic rings. The van der Waals surface area contributed by atoms with E-state index in [0.717, 1.165) is 31.4 Å². The molecule has 0 spiro atoms. The molecule has 2 aliphatic carbocycles. The van der Waals surface area contributed by atoms with Gasteiger partial charge in [-0.1, -0.05) is 12.1 Å².